The molecule has 0 unspecified atom stereocenters. The van der Waals surface area contributed by atoms with Crippen LogP contribution < -0.4 is 5.32 Å². The molecule has 2 rings (SSSR count). The predicted octanol–water partition coefficient (Wildman–Crippen LogP) is 1.74. The van der Waals surface area contributed by atoms with E-state index in [-0.39, 0.29) is 5.91 Å². The number of rotatable bonds is 7. The molecule has 0 aliphatic carbocycles. The average Bonchev–Trinajstić information content (AvgIpc) is 2.84. The number of hydrogen-bond acceptors (Lipinski definition) is 3. The van der Waals surface area contributed by atoms with Gasteiger partial charge in [-0.1, -0.05) is 6.92 Å². The molecule has 1 aromatic heterocycles. The lowest BCUT2D eigenvalue weighted by Gasteiger charge is -2.20. The Kier molecular flexibility index (Phi) is 5.79. The third-order valence-corrected chi connectivity index (χ3v) is 4.20. The lowest BCUT2D eigenvalue weighted by atomic mass is 10.2. The largest absolute Gasteiger partial charge is 0.343 e. The number of imidazole rings is 1. The Hall–Kier alpha value is -1.36. The summed E-state index contributed by atoms with van der Waals surface area (Å²) in [5.74, 6) is 1.40. The van der Waals surface area contributed by atoms with E-state index in [1.165, 1.54) is 11.4 Å². The molecule has 0 atom stereocenters. The van der Waals surface area contributed by atoms with E-state index in [0.29, 0.717) is 6.42 Å². The Bertz CT molecular complexity index is 477. The number of carbonyl (C=O) groups excluding carboxylic acids is 1. The first-order chi connectivity index (χ1) is 10.2. The number of fused-ring (bicyclic) bond motifs is 1. The second-order valence-electron chi connectivity index (χ2n) is 5.57. The standard InChI is InChI=1S/C16H28N4O/c1-4-7-15-18-13-12-17-10-8-14(13)20(15)11-9-16(21)19(5-2)6-3/h17H,4-12H2,1-3H3. The topological polar surface area (TPSA) is 50.2 Å². The smallest absolute Gasteiger partial charge is 0.224 e. The summed E-state index contributed by atoms with van der Waals surface area (Å²) >= 11 is 0. The molecule has 1 N–H and O–H groups in total. The number of aryl methyl sites for hydroxylation is 1. The number of aromatic nitrogens is 2. The van der Waals surface area contributed by atoms with Crippen LogP contribution in [0.4, 0.5) is 0 Å². The van der Waals surface area contributed by atoms with Crippen LogP contribution in [0.1, 0.15) is 50.8 Å². The summed E-state index contributed by atoms with van der Waals surface area (Å²) in [5.41, 5.74) is 2.52. The summed E-state index contributed by atoms with van der Waals surface area (Å²) in [4.78, 5) is 18.9. The van der Waals surface area contributed by atoms with Gasteiger partial charge in [0.2, 0.25) is 5.91 Å². The van der Waals surface area contributed by atoms with Gasteiger partial charge in [0.1, 0.15) is 5.82 Å². The Morgan fingerprint density at radius 3 is 2.76 bits per heavy atom. The Morgan fingerprint density at radius 2 is 2.10 bits per heavy atom. The highest BCUT2D eigenvalue weighted by molar-refractivity contribution is 5.76. The quantitative estimate of drug-likeness (QED) is 0.833. The highest BCUT2D eigenvalue weighted by atomic mass is 16.2. The van der Waals surface area contributed by atoms with Crippen molar-refractivity contribution in [1.29, 1.82) is 0 Å². The average molecular weight is 292 g/mol. The molecule has 0 radical (unpaired) electrons. The van der Waals surface area contributed by atoms with Crippen LogP contribution in [0.5, 0.6) is 0 Å². The summed E-state index contributed by atoms with van der Waals surface area (Å²) in [6.45, 7) is 10.5. The van der Waals surface area contributed by atoms with E-state index in [1.807, 2.05) is 18.7 Å². The number of nitrogens with zero attached hydrogens (tertiary/aromatic N) is 3. The van der Waals surface area contributed by atoms with Gasteiger partial charge in [0, 0.05) is 57.7 Å². The number of amides is 1. The van der Waals surface area contributed by atoms with E-state index < -0.39 is 0 Å². The molecule has 0 spiro atoms. The van der Waals surface area contributed by atoms with Gasteiger partial charge in [-0.25, -0.2) is 4.98 Å². The first-order valence-corrected chi connectivity index (χ1v) is 8.26. The molecular weight excluding hydrogens is 264 g/mol. The van der Waals surface area contributed by atoms with Gasteiger partial charge in [-0.05, 0) is 20.3 Å². The van der Waals surface area contributed by atoms with Gasteiger partial charge < -0.3 is 14.8 Å². The number of nitrogens with one attached hydrogen (secondary N) is 1. The summed E-state index contributed by atoms with van der Waals surface area (Å²) in [6, 6.07) is 0. The van der Waals surface area contributed by atoms with Crippen molar-refractivity contribution in [3.05, 3.63) is 17.2 Å². The first-order valence-electron chi connectivity index (χ1n) is 8.26. The van der Waals surface area contributed by atoms with Crippen LogP contribution in [0.2, 0.25) is 0 Å². The second kappa shape index (κ2) is 7.59. The normalized spacial score (nSPS) is 14.0. The lowest BCUT2D eigenvalue weighted by molar-refractivity contribution is -0.131. The fraction of sp³-hybridized carbons (Fsp3) is 0.750. The highest BCUT2D eigenvalue weighted by Gasteiger charge is 2.20. The van der Waals surface area contributed by atoms with Gasteiger partial charge in [0.05, 0.1) is 5.69 Å². The third-order valence-electron chi connectivity index (χ3n) is 4.20. The molecule has 118 valence electrons. The van der Waals surface area contributed by atoms with Crippen molar-refractivity contribution in [3.63, 3.8) is 0 Å². The molecule has 1 amide bonds. The Labute approximate surface area is 127 Å². The summed E-state index contributed by atoms with van der Waals surface area (Å²) in [7, 11) is 0. The molecule has 5 heteroatoms. The van der Waals surface area contributed by atoms with E-state index >= 15 is 0 Å². The maximum Gasteiger partial charge on any atom is 0.224 e. The molecule has 2 heterocycles. The zero-order valence-corrected chi connectivity index (χ0v) is 13.6. The number of carbonyl (C=O) groups is 1. The lowest BCUT2D eigenvalue weighted by Crippen LogP contribution is -2.31. The maximum atomic E-state index is 12.2. The van der Waals surface area contributed by atoms with Crippen LogP contribution in [-0.2, 0) is 30.7 Å². The molecule has 1 aliphatic heterocycles. The molecule has 1 aliphatic rings. The summed E-state index contributed by atoms with van der Waals surface area (Å²) in [5, 5.41) is 3.37. The Morgan fingerprint density at radius 1 is 1.33 bits per heavy atom. The molecule has 0 bridgehead atoms. The van der Waals surface area contributed by atoms with Crippen molar-refractivity contribution in [2.45, 2.75) is 59.5 Å². The van der Waals surface area contributed by atoms with E-state index in [9.17, 15) is 4.79 Å². The van der Waals surface area contributed by atoms with E-state index in [2.05, 4.69) is 16.8 Å². The highest BCUT2D eigenvalue weighted by Crippen LogP contribution is 2.18. The Balaban J connectivity index is 2.11. The van der Waals surface area contributed by atoms with Crippen molar-refractivity contribution in [3.8, 4) is 0 Å². The molecule has 1 aromatic rings. The minimum absolute atomic E-state index is 0.249. The molecule has 21 heavy (non-hydrogen) atoms. The zero-order valence-electron chi connectivity index (χ0n) is 13.6. The molecule has 0 saturated carbocycles. The van der Waals surface area contributed by atoms with Crippen molar-refractivity contribution in [1.82, 2.24) is 19.8 Å². The van der Waals surface area contributed by atoms with Crippen LogP contribution in [0.3, 0.4) is 0 Å². The summed E-state index contributed by atoms with van der Waals surface area (Å²) < 4.78 is 2.31. The van der Waals surface area contributed by atoms with Crippen molar-refractivity contribution in [2.75, 3.05) is 19.6 Å². The van der Waals surface area contributed by atoms with Crippen LogP contribution in [0, 0.1) is 0 Å². The van der Waals surface area contributed by atoms with Gasteiger partial charge in [0.25, 0.3) is 0 Å². The summed E-state index contributed by atoms with van der Waals surface area (Å²) in [6.07, 6.45) is 3.68. The van der Waals surface area contributed by atoms with Crippen molar-refractivity contribution < 1.29 is 4.79 Å². The molecule has 0 aromatic carbocycles. The molecule has 5 nitrogen and oxygen atoms in total. The number of hydrogen-bond donors (Lipinski definition) is 1. The van der Waals surface area contributed by atoms with Crippen LogP contribution in [-0.4, -0.2) is 40.0 Å². The van der Waals surface area contributed by atoms with Crippen molar-refractivity contribution in [2.24, 2.45) is 0 Å². The SMILES string of the molecule is CCCc1nc2c(n1CCC(=O)N(CC)CC)CCNC2. The maximum absolute atomic E-state index is 12.2. The zero-order chi connectivity index (χ0) is 15.2. The van der Waals surface area contributed by atoms with Crippen LogP contribution in [0.25, 0.3) is 0 Å². The van der Waals surface area contributed by atoms with Gasteiger partial charge in [-0.3, -0.25) is 4.79 Å². The van der Waals surface area contributed by atoms with Crippen LogP contribution in [0.15, 0.2) is 0 Å². The van der Waals surface area contributed by atoms with E-state index in [0.717, 1.165) is 57.8 Å². The van der Waals surface area contributed by atoms with Crippen LogP contribution >= 0.6 is 0 Å². The van der Waals surface area contributed by atoms with Gasteiger partial charge in [-0.15, -0.1) is 0 Å². The molecular formula is C16H28N4O. The first kappa shape index (κ1) is 16.0. The minimum Gasteiger partial charge on any atom is -0.343 e. The van der Waals surface area contributed by atoms with Gasteiger partial charge in [0.15, 0.2) is 0 Å². The molecule has 0 fully saturated rings. The van der Waals surface area contributed by atoms with Crippen molar-refractivity contribution >= 4 is 5.91 Å². The monoisotopic (exact) mass is 292 g/mol. The van der Waals surface area contributed by atoms with Gasteiger partial charge in [-0.2, -0.15) is 0 Å². The predicted molar refractivity (Wildman–Crippen MR) is 84.2 cm³/mol. The van der Waals surface area contributed by atoms with E-state index in [1.54, 1.807) is 0 Å². The van der Waals surface area contributed by atoms with Gasteiger partial charge >= 0.3 is 0 Å². The fourth-order valence-corrected chi connectivity index (χ4v) is 3.05. The third kappa shape index (κ3) is 3.64. The minimum atomic E-state index is 0.249. The fourth-order valence-electron chi connectivity index (χ4n) is 3.05. The second-order valence-corrected chi connectivity index (χ2v) is 5.57. The molecule has 0 saturated heterocycles. The van der Waals surface area contributed by atoms with E-state index in [4.69, 9.17) is 4.98 Å².